The molecule has 1 unspecified atom stereocenters. The summed E-state index contributed by atoms with van der Waals surface area (Å²) in [6.07, 6.45) is 6.00. The van der Waals surface area contributed by atoms with Gasteiger partial charge < -0.3 is 10.7 Å². The largest absolute Gasteiger partial charge is 0.345 e. The predicted octanol–water partition coefficient (Wildman–Crippen LogP) is 0.355. The second kappa shape index (κ2) is 6.48. The molecule has 3 atom stereocenters. The van der Waals surface area contributed by atoms with Crippen molar-refractivity contribution in [1.82, 2.24) is 33.6 Å². The number of nitrogens with zero attached hydrogens (tertiary/aromatic N) is 5. The first-order valence-corrected chi connectivity index (χ1v) is 11.1. The van der Waals surface area contributed by atoms with Crippen molar-refractivity contribution in [3.63, 3.8) is 0 Å². The highest BCUT2D eigenvalue weighted by atomic mass is 32.2. The Labute approximate surface area is 162 Å². The molecular weight excluding hydrogens is 380 g/mol. The van der Waals surface area contributed by atoms with Gasteiger partial charge in [-0.05, 0) is 24.8 Å². The van der Waals surface area contributed by atoms with E-state index in [1.54, 1.807) is 6.20 Å². The highest BCUT2D eigenvalue weighted by molar-refractivity contribution is 7.87. The average molecular weight is 405 g/mol. The van der Waals surface area contributed by atoms with Crippen LogP contribution in [0.5, 0.6) is 0 Å². The van der Waals surface area contributed by atoms with E-state index in [1.807, 2.05) is 16.7 Å². The van der Waals surface area contributed by atoms with Gasteiger partial charge in [0.05, 0.1) is 11.7 Å². The summed E-state index contributed by atoms with van der Waals surface area (Å²) in [4.78, 5) is 7.49. The zero-order valence-electron chi connectivity index (χ0n) is 15.6. The van der Waals surface area contributed by atoms with E-state index in [4.69, 9.17) is 5.73 Å². The van der Waals surface area contributed by atoms with Gasteiger partial charge in [-0.3, -0.25) is 4.40 Å². The molecule has 3 aromatic rings. The van der Waals surface area contributed by atoms with Gasteiger partial charge >= 0.3 is 0 Å². The third-order valence-electron chi connectivity index (χ3n) is 6.05. The molecular formula is C17H24N8O2S. The minimum atomic E-state index is -3.49. The van der Waals surface area contributed by atoms with Crippen LogP contribution >= 0.6 is 0 Å². The maximum Gasteiger partial charge on any atom is 0.279 e. The van der Waals surface area contributed by atoms with E-state index in [9.17, 15) is 8.42 Å². The van der Waals surface area contributed by atoms with Gasteiger partial charge in [-0.2, -0.15) is 17.4 Å². The fraction of sp³-hybridized carbons (Fsp3) is 0.588. The van der Waals surface area contributed by atoms with E-state index in [0.717, 1.165) is 29.8 Å². The van der Waals surface area contributed by atoms with E-state index in [2.05, 4.69) is 31.8 Å². The van der Waals surface area contributed by atoms with Crippen LogP contribution in [0.15, 0.2) is 18.5 Å². The Morgan fingerprint density at radius 1 is 1.32 bits per heavy atom. The first kappa shape index (κ1) is 18.0. The van der Waals surface area contributed by atoms with Crippen molar-refractivity contribution in [2.45, 2.75) is 44.2 Å². The topological polar surface area (TPSA) is 134 Å². The number of aromatic nitrogens is 5. The Morgan fingerprint density at radius 2 is 2.14 bits per heavy atom. The van der Waals surface area contributed by atoms with Crippen LogP contribution in [0.4, 0.5) is 0 Å². The summed E-state index contributed by atoms with van der Waals surface area (Å²) in [5.41, 5.74) is 8.16. The van der Waals surface area contributed by atoms with E-state index >= 15 is 0 Å². The Bertz CT molecular complexity index is 1120. The molecule has 3 aromatic heterocycles. The molecule has 0 amide bonds. The van der Waals surface area contributed by atoms with Crippen molar-refractivity contribution in [3.8, 4) is 0 Å². The molecule has 11 heteroatoms. The lowest BCUT2D eigenvalue weighted by Crippen LogP contribution is -2.61. The van der Waals surface area contributed by atoms with E-state index in [1.165, 1.54) is 4.31 Å². The van der Waals surface area contributed by atoms with E-state index < -0.39 is 10.2 Å². The van der Waals surface area contributed by atoms with Crippen molar-refractivity contribution in [2.75, 3.05) is 13.1 Å². The number of hydrogen-bond acceptors (Lipinski definition) is 6. The molecule has 0 aromatic carbocycles. The summed E-state index contributed by atoms with van der Waals surface area (Å²) in [7, 11) is -3.49. The predicted molar refractivity (Wildman–Crippen MR) is 104 cm³/mol. The standard InChI is InChI=1S/C17H24N8O2S/c1-2-10-5-12(23-28(26,27)24-8-11(18)9-24)6-13(10)17-22-21-15-7-20-16-14(25(15)17)3-4-19-16/h3-4,7,10-13,19,23H,2,5-6,8-9,18H2,1H3/t10-,12+,13?/m1/s1. The Balaban J connectivity index is 1.44. The molecule has 1 aliphatic heterocycles. The highest BCUT2D eigenvalue weighted by Crippen LogP contribution is 2.41. The molecule has 2 fully saturated rings. The SMILES string of the molecule is CC[C@@H]1C[C@H](NS(=O)(=O)N2CC(N)C2)CC1c1nnc2cnc3[nH]ccc3n12. The number of aromatic amines is 1. The second-order valence-electron chi connectivity index (χ2n) is 7.86. The number of nitrogens with one attached hydrogen (secondary N) is 2. The van der Waals surface area contributed by atoms with Gasteiger partial charge in [0.25, 0.3) is 10.2 Å². The molecule has 4 heterocycles. The van der Waals surface area contributed by atoms with Crippen molar-refractivity contribution >= 4 is 27.0 Å². The van der Waals surface area contributed by atoms with E-state index in [0.29, 0.717) is 31.1 Å². The maximum absolute atomic E-state index is 12.6. The van der Waals surface area contributed by atoms with Crippen LogP contribution in [0, 0.1) is 5.92 Å². The van der Waals surface area contributed by atoms with Crippen LogP contribution in [0.25, 0.3) is 16.8 Å². The van der Waals surface area contributed by atoms with Crippen molar-refractivity contribution in [1.29, 1.82) is 0 Å². The molecule has 2 aliphatic rings. The molecule has 1 aliphatic carbocycles. The molecule has 28 heavy (non-hydrogen) atoms. The lowest BCUT2D eigenvalue weighted by atomic mass is 9.93. The van der Waals surface area contributed by atoms with Crippen molar-refractivity contribution in [2.24, 2.45) is 11.7 Å². The Kier molecular flexibility index (Phi) is 4.16. The third-order valence-corrected chi connectivity index (χ3v) is 7.66. The molecule has 0 spiro atoms. The van der Waals surface area contributed by atoms with Crippen molar-refractivity contribution < 1.29 is 8.42 Å². The van der Waals surface area contributed by atoms with Gasteiger partial charge in [0, 0.05) is 37.3 Å². The summed E-state index contributed by atoms with van der Waals surface area (Å²) in [6.45, 7) is 2.91. The normalized spacial score (nSPS) is 27.0. The zero-order chi connectivity index (χ0) is 19.5. The summed E-state index contributed by atoms with van der Waals surface area (Å²) in [5.74, 6) is 1.34. The number of hydrogen-bond donors (Lipinski definition) is 3. The first-order chi connectivity index (χ1) is 13.5. The molecule has 10 nitrogen and oxygen atoms in total. The quantitative estimate of drug-likeness (QED) is 0.562. The van der Waals surface area contributed by atoms with Crippen molar-refractivity contribution in [3.05, 3.63) is 24.3 Å². The van der Waals surface area contributed by atoms with Crippen LogP contribution in [0.2, 0.25) is 0 Å². The zero-order valence-corrected chi connectivity index (χ0v) is 16.4. The minimum Gasteiger partial charge on any atom is -0.345 e. The smallest absolute Gasteiger partial charge is 0.279 e. The van der Waals surface area contributed by atoms with Gasteiger partial charge in [0.15, 0.2) is 11.3 Å². The summed E-state index contributed by atoms with van der Waals surface area (Å²) >= 11 is 0. The lowest BCUT2D eigenvalue weighted by molar-refractivity contribution is 0.260. The fourth-order valence-electron chi connectivity index (χ4n) is 4.58. The fourth-order valence-corrected chi connectivity index (χ4v) is 6.12. The molecule has 5 rings (SSSR count). The molecule has 4 N–H and O–H groups in total. The van der Waals surface area contributed by atoms with E-state index in [-0.39, 0.29) is 18.0 Å². The third kappa shape index (κ3) is 2.81. The molecule has 1 saturated carbocycles. The summed E-state index contributed by atoms with van der Waals surface area (Å²) in [6, 6.07) is 1.79. The first-order valence-electron chi connectivity index (χ1n) is 9.66. The molecule has 0 radical (unpaired) electrons. The highest BCUT2D eigenvalue weighted by Gasteiger charge is 2.41. The van der Waals surface area contributed by atoms with Crippen LogP contribution in [-0.2, 0) is 10.2 Å². The van der Waals surface area contributed by atoms with Crippen LogP contribution in [0.3, 0.4) is 0 Å². The number of nitrogens with two attached hydrogens (primary N) is 1. The molecule has 150 valence electrons. The summed E-state index contributed by atoms with van der Waals surface area (Å²) < 4.78 is 31.5. The van der Waals surface area contributed by atoms with Gasteiger partial charge in [-0.25, -0.2) is 4.98 Å². The van der Waals surface area contributed by atoms with Gasteiger partial charge in [0.1, 0.15) is 5.82 Å². The number of fused-ring (bicyclic) bond motifs is 3. The van der Waals surface area contributed by atoms with Gasteiger partial charge in [-0.15, -0.1) is 10.2 Å². The van der Waals surface area contributed by atoms with Crippen LogP contribution in [-0.4, -0.2) is 62.5 Å². The monoisotopic (exact) mass is 404 g/mol. The Morgan fingerprint density at radius 3 is 2.89 bits per heavy atom. The number of rotatable bonds is 5. The molecule has 1 saturated heterocycles. The average Bonchev–Trinajstić information content (AvgIpc) is 3.34. The number of H-pyrrole nitrogens is 1. The van der Waals surface area contributed by atoms with Crippen LogP contribution < -0.4 is 10.5 Å². The van der Waals surface area contributed by atoms with Crippen LogP contribution in [0.1, 0.15) is 37.9 Å². The Hall–Kier alpha value is -2.08. The molecule has 0 bridgehead atoms. The second-order valence-corrected chi connectivity index (χ2v) is 9.57. The maximum atomic E-state index is 12.6. The summed E-state index contributed by atoms with van der Waals surface area (Å²) in [5, 5.41) is 8.76. The minimum absolute atomic E-state index is 0.0592. The van der Waals surface area contributed by atoms with Gasteiger partial charge in [-0.1, -0.05) is 13.3 Å². The van der Waals surface area contributed by atoms with Gasteiger partial charge in [0.2, 0.25) is 0 Å². The lowest BCUT2D eigenvalue weighted by Gasteiger charge is -2.36.